The lowest BCUT2D eigenvalue weighted by atomic mass is 9.81. The van der Waals surface area contributed by atoms with Crippen LogP contribution in [0.1, 0.15) is 32.6 Å². The van der Waals surface area contributed by atoms with E-state index in [0.29, 0.717) is 12.8 Å². The van der Waals surface area contributed by atoms with Gasteiger partial charge >= 0.3 is 0 Å². The Morgan fingerprint density at radius 2 is 1.93 bits per heavy atom. The minimum atomic E-state index is -0.00619. The molecule has 0 aromatic carbocycles. The van der Waals surface area contributed by atoms with Gasteiger partial charge in [0.2, 0.25) is 5.91 Å². The second-order valence-corrected chi connectivity index (χ2v) is 4.68. The summed E-state index contributed by atoms with van der Waals surface area (Å²) in [5.41, 5.74) is -0.00619. The van der Waals surface area contributed by atoms with E-state index in [2.05, 4.69) is 6.92 Å². The Morgan fingerprint density at radius 1 is 1.33 bits per heavy atom. The molecule has 0 aromatic rings. The maximum absolute atomic E-state index is 11.6. The van der Waals surface area contributed by atoms with Crippen LogP contribution in [0.5, 0.6) is 0 Å². The van der Waals surface area contributed by atoms with E-state index in [-0.39, 0.29) is 24.5 Å². The maximum Gasteiger partial charge on any atom is 0.222 e. The van der Waals surface area contributed by atoms with Crippen molar-refractivity contribution in [3.8, 4) is 0 Å². The summed E-state index contributed by atoms with van der Waals surface area (Å²) in [6.07, 6.45) is 2.72. The second-order valence-electron chi connectivity index (χ2n) is 4.68. The molecule has 0 aliphatic carbocycles. The summed E-state index contributed by atoms with van der Waals surface area (Å²) in [6.45, 7) is 3.81. The zero-order valence-corrected chi connectivity index (χ0v) is 9.41. The number of likely N-dealkylation sites (tertiary alicyclic amines) is 1. The summed E-state index contributed by atoms with van der Waals surface area (Å²) in [6, 6.07) is 0. The molecule has 1 heterocycles. The Labute approximate surface area is 90.9 Å². The molecule has 0 atom stereocenters. The van der Waals surface area contributed by atoms with Gasteiger partial charge in [-0.25, -0.2) is 0 Å². The molecule has 0 unspecified atom stereocenters. The van der Waals surface area contributed by atoms with E-state index in [1.165, 1.54) is 0 Å². The minimum Gasteiger partial charge on any atom is -0.396 e. The number of aliphatic hydroxyl groups excluding tert-OH is 2. The number of nitrogens with zero attached hydrogens (tertiary/aromatic N) is 1. The van der Waals surface area contributed by atoms with Gasteiger partial charge in [-0.05, 0) is 24.7 Å². The highest BCUT2D eigenvalue weighted by molar-refractivity contribution is 5.76. The van der Waals surface area contributed by atoms with Crippen molar-refractivity contribution in [3.63, 3.8) is 0 Å². The van der Waals surface area contributed by atoms with Gasteiger partial charge in [-0.1, -0.05) is 6.92 Å². The van der Waals surface area contributed by atoms with E-state index in [9.17, 15) is 9.90 Å². The Morgan fingerprint density at radius 3 is 2.40 bits per heavy atom. The smallest absolute Gasteiger partial charge is 0.222 e. The lowest BCUT2D eigenvalue weighted by molar-refractivity contribution is -0.134. The molecule has 88 valence electrons. The molecule has 1 saturated heterocycles. The molecule has 4 nitrogen and oxygen atoms in total. The van der Waals surface area contributed by atoms with Gasteiger partial charge in [-0.2, -0.15) is 0 Å². The van der Waals surface area contributed by atoms with Crippen molar-refractivity contribution in [2.75, 3.05) is 26.3 Å². The van der Waals surface area contributed by atoms with Gasteiger partial charge in [-0.3, -0.25) is 4.79 Å². The summed E-state index contributed by atoms with van der Waals surface area (Å²) in [4.78, 5) is 13.4. The third-order valence-electron chi connectivity index (χ3n) is 3.25. The fraction of sp³-hybridized carbons (Fsp3) is 0.909. The van der Waals surface area contributed by atoms with Gasteiger partial charge in [0.25, 0.3) is 0 Å². The molecule has 1 fully saturated rings. The van der Waals surface area contributed by atoms with Crippen molar-refractivity contribution in [3.05, 3.63) is 0 Å². The van der Waals surface area contributed by atoms with E-state index in [4.69, 9.17) is 5.11 Å². The zero-order valence-electron chi connectivity index (χ0n) is 9.41. The predicted octanol–water partition coefficient (Wildman–Crippen LogP) is 0.380. The molecule has 0 radical (unpaired) electrons. The van der Waals surface area contributed by atoms with Crippen molar-refractivity contribution in [1.29, 1.82) is 0 Å². The highest BCUT2D eigenvalue weighted by atomic mass is 16.3. The van der Waals surface area contributed by atoms with Crippen molar-refractivity contribution >= 4 is 5.91 Å². The van der Waals surface area contributed by atoms with Crippen LogP contribution in [0.4, 0.5) is 0 Å². The SMILES string of the molecule is CC1(CO)CCN(C(=O)CCCO)CC1. The van der Waals surface area contributed by atoms with Gasteiger partial charge < -0.3 is 15.1 Å². The third kappa shape index (κ3) is 3.47. The fourth-order valence-electron chi connectivity index (χ4n) is 1.84. The highest BCUT2D eigenvalue weighted by Gasteiger charge is 2.30. The van der Waals surface area contributed by atoms with Crippen molar-refractivity contribution in [1.82, 2.24) is 4.90 Å². The average Bonchev–Trinajstić information content (AvgIpc) is 2.27. The van der Waals surface area contributed by atoms with E-state index in [1.807, 2.05) is 4.90 Å². The Balaban J connectivity index is 2.33. The topological polar surface area (TPSA) is 60.8 Å². The number of piperidine rings is 1. The standard InChI is InChI=1S/C11H21NO3/c1-11(9-14)4-6-12(7-5-11)10(15)3-2-8-13/h13-14H,2-9H2,1H3. The molecule has 1 aliphatic heterocycles. The summed E-state index contributed by atoms with van der Waals surface area (Å²) in [5.74, 6) is 0.129. The van der Waals surface area contributed by atoms with Crippen LogP contribution in [0.15, 0.2) is 0 Å². The van der Waals surface area contributed by atoms with Crippen molar-refractivity contribution in [2.45, 2.75) is 32.6 Å². The van der Waals surface area contributed by atoms with Crippen LogP contribution in [-0.4, -0.2) is 47.3 Å². The van der Waals surface area contributed by atoms with Crippen molar-refractivity contribution < 1.29 is 15.0 Å². The highest BCUT2D eigenvalue weighted by Crippen LogP contribution is 2.30. The monoisotopic (exact) mass is 215 g/mol. The summed E-state index contributed by atoms with van der Waals surface area (Å²) >= 11 is 0. The van der Waals surface area contributed by atoms with E-state index in [0.717, 1.165) is 25.9 Å². The quantitative estimate of drug-likeness (QED) is 0.712. The molecule has 0 saturated carbocycles. The van der Waals surface area contributed by atoms with Crippen molar-refractivity contribution in [2.24, 2.45) is 5.41 Å². The molecule has 1 rings (SSSR count). The number of rotatable bonds is 4. The molecule has 0 spiro atoms. The van der Waals surface area contributed by atoms with Gasteiger partial charge in [0, 0.05) is 32.7 Å². The summed E-state index contributed by atoms with van der Waals surface area (Å²) in [7, 11) is 0. The van der Waals surface area contributed by atoms with E-state index < -0.39 is 0 Å². The fourth-order valence-corrected chi connectivity index (χ4v) is 1.84. The van der Waals surface area contributed by atoms with Crippen LogP contribution in [0.3, 0.4) is 0 Å². The molecular formula is C11H21NO3. The molecule has 1 aliphatic rings. The van der Waals surface area contributed by atoms with Gasteiger partial charge in [-0.15, -0.1) is 0 Å². The van der Waals surface area contributed by atoms with Crippen LogP contribution < -0.4 is 0 Å². The molecule has 2 N–H and O–H groups in total. The lowest BCUT2D eigenvalue weighted by Crippen LogP contribution is -2.43. The predicted molar refractivity (Wildman–Crippen MR) is 57.3 cm³/mol. The van der Waals surface area contributed by atoms with E-state index >= 15 is 0 Å². The molecule has 0 aromatic heterocycles. The lowest BCUT2D eigenvalue weighted by Gasteiger charge is -2.38. The Hall–Kier alpha value is -0.610. The van der Waals surface area contributed by atoms with Crippen LogP contribution in [0.25, 0.3) is 0 Å². The largest absolute Gasteiger partial charge is 0.396 e. The molecular weight excluding hydrogens is 194 g/mol. The average molecular weight is 215 g/mol. The minimum absolute atomic E-state index is 0.00619. The van der Waals surface area contributed by atoms with Gasteiger partial charge in [0.05, 0.1) is 0 Å². The molecule has 15 heavy (non-hydrogen) atoms. The van der Waals surface area contributed by atoms with Gasteiger partial charge in [0.1, 0.15) is 0 Å². The number of amides is 1. The number of carbonyl (C=O) groups is 1. The van der Waals surface area contributed by atoms with Crippen LogP contribution >= 0.6 is 0 Å². The normalized spacial score (nSPS) is 20.3. The molecule has 4 heteroatoms. The number of hydrogen-bond donors (Lipinski definition) is 2. The first-order valence-electron chi connectivity index (χ1n) is 5.61. The van der Waals surface area contributed by atoms with E-state index in [1.54, 1.807) is 0 Å². The summed E-state index contributed by atoms with van der Waals surface area (Å²) in [5, 5.41) is 17.8. The first-order valence-corrected chi connectivity index (χ1v) is 5.61. The first kappa shape index (κ1) is 12.5. The Bertz CT molecular complexity index is 210. The molecule has 0 bridgehead atoms. The second kappa shape index (κ2) is 5.47. The number of hydrogen-bond acceptors (Lipinski definition) is 3. The van der Waals surface area contributed by atoms with Crippen LogP contribution in [-0.2, 0) is 4.79 Å². The number of aliphatic hydroxyl groups is 2. The first-order chi connectivity index (χ1) is 7.11. The van der Waals surface area contributed by atoms with Gasteiger partial charge in [0.15, 0.2) is 0 Å². The Kier molecular flexibility index (Phi) is 4.54. The number of carbonyl (C=O) groups excluding carboxylic acids is 1. The third-order valence-corrected chi connectivity index (χ3v) is 3.25. The van der Waals surface area contributed by atoms with Crippen LogP contribution in [0, 0.1) is 5.41 Å². The summed E-state index contributed by atoms with van der Waals surface area (Å²) < 4.78 is 0. The molecule has 1 amide bonds. The zero-order chi connectivity index (χ0) is 11.3. The maximum atomic E-state index is 11.6. The van der Waals surface area contributed by atoms with Crippen LogP contribution in [0.2, 0.25) is 0 Å².